The molecular weight excluding hydrogens is 240 g/mol. The zero-order valence-corrected chi connectivity index (χ0v) is 10.2. The molecule has 0 atom stereocenters. The molecule has 92 valence electrons. The van der Waals surface area contributed by atoms with Gasteiger partial charge in [0.1, 0.15) is 23.4 Å². The SMILES string of the molecule is Cn1cc(-c2cccc(NC=C(C#N)C#N)c2)nn1. The largest absolute Gasteiger partial charge is 0.360 e. The summed E-state index contributed by atoms with van der Waals surface area (Å²) in [6.45, 7) is 0. The van der Waals surface area contributed by atoms with Crippen molar-refractivity contribution >= 4 is 5.69 Å². The number of nitriles is 2. The number of anilines is 1. The third kappa shape index (κ3) is 2.96. The Labute approximate surface area is 110 Å². The van der Waals surface area contributed by atoms with E-state index >= 15 is 0 Å². The number of rotatable bonds is 3. The first-order chi connectivity index (χ1) is 9.22. The Bertz CT molecular complexity index is 682. The molecule has 1 aromatic heterocycles. The summed E-state index contributed by atoms with van der Waals surface area (Å²) in [6, 6.07) is 11.0. The minimum atomic E-state index is 0.0184. The lowest BCUT2D eigenvalue weighted by Gasteiger charge is -2.02. The minimum Gasteiger partial charge on any atom is -0.360 e. The van der Waals surface area contributed by atoms with Crippen LogP contribution in [0.3, 0.4) is 0 Å². The van der Waals surface area contributed by atoms with Gasteiger partial charge in [-0.3, -0.25) is 4.68 Å². The van der Waals surface area contributed by atoms with E-state index in [4.69, 9.17) is 10.5 Å². The highest BCUT2D eigenvalue weighted by molar-refractivity contribution is 5.65. The fraction of sp³-hybridized carbons (Fsp3) is 0.0769. The molecule has 0 fully saturated rings. The first-order valence-corrected chi connectivity index (χ1v) is 5.46. The zero-order valence-electron chi connectivity index (χ0n) is 10.2. The highest BCUT2D eigenvalue weighted by Crippen LogP contribution is 2.20. The van der Waals surface area contributed by atoms with E-state index < -0.39 is 0 Å². The number of nitrogens with zero attached hydrogens (tertiary/aromatic N) is 5. The summed E-state index contributed by atoms with van der Waals surface area (Å²) in [5.74, 6) is 0. The maximum absolute atomic E-state index is 8.64. The van der Waals surface area contributed by atoms with Crippen LogP contribution in [0.4, 0.5) is 5.69 Å². The van der Waals surface area contributed by atoms with Crippen LogP contribution in [0.25, 0.3) is 11.3 Å². The lowest BCUT2D eigenvalue weighted by molar-refractivity contribution is 0.715. The van der Waals surface area contributed by atoms with E-state index in [9.17, 15) is 0 Å². The van der Waals surface area contributed by atoms with Gasteiger partial charge in [-0.2, -0.15) is 10.5 Å². The molecule has 2 aromatic rings. The Balaban J connectivity index is 2.24. The van der Waals surface area contributed by atoms with Crippen LogP contribution < -0.4 is 5.32 Å². The molecule has 1 N–H and O–H groups in total. The molecule has 0 saturated heterocycles. The molecule has 6 heteroatoms. The molecule has 0 aliphatic carbocycles. The average molecular weight is 250 g/mol. The number of hydrogen-bond acceptors (Lipinski definition) is 5. The van der Waals surface area contributed by atoms with Crippen LogP contribution in [-0.4, -0.2) is 15.0 Å². The molecule has 0 bridgehead atoms. The van der Waals surface area contributed by atoms with E-state index in [-0.39, 0.29) is 5.57 Å². The number of benzene rings is 1. The summed E-state index contributed by atoms with van der Waals surface area (Å²) in [4.78, 5) is 0. The molecule has 1 aromatic carbocycles. The quantitative estimate of drug-likeness (QED) is 0.839. The highest BCUT2D eigenvalue weighted by Gasteiger charge is 2.02. The van der Waals surface area contributed by atoms with E-state index in [1.165, 1.54) is 6.20 Å². The van der Waals surface area contributed by atoms with E-state index in [1.54, 1.807) is 23.9 Å². The van der Waals surface area contributed by atoms with Gasteiger partial charge < -0.3 is 5.32 Å². The van der Waals surface area contributed by atoms with Crippen molar-refractivity contribution < 1.29 is 0 Å². The van der Waals surface area contributed by atoms with Crippen molar-refractivity contribution in [3.8, 4) is 23.4 Å². The lowest BCUT2D eigenvalue weighted by atomic mass is 10.1. The molecule has 0 amide bonds. The van der Waals surface area contributed by atoms with Gasteiger partial charge in [0.15, 0.2) is 0 Å². The number of aromatic nitrogens is 3. The van der Waals surface area contributed by atoms with Crippen LogP contribution in [0.1, 0.15) is 0 Å². The van der Waals surface area contributed by atoms with Crippen molar-refractivity contribution in [3.05, 3.63) is 42.2 Å². The van der Waals surface area contributed by atoms with Gasteiger partial charge in [-0.25, -0.2) is 0 Å². The van der Waals surface area contributed by atoms with Gasteiger partial charge in [-0.15, -0.1) is 5.10 Å². The molecule has 0 aliphatic rings. The topological polar surface area (TPSA) is 90.3 Å². The number of nitrogens with one attached hydrogen (secondary N) is 1. The fourth-order valence-electron chi connectivity index (χ4n) is 1.49. The molecule has 0 radical (unpaired) electrons. The van der Waals surface area contributed by atoms with Crippen molar-refractivity contribution in [2.24, 2.45) is 7.05 Å². The molecule has 0 aliphatic heterocycles. The first kappa shape index (κ1) is 12.3. The Hall–Kier alpha value is -3.12. The molecule has 19 heavy (non-hydrogen) atoms. The number of aryl methyl sites for hydroxylation is 1. The number of hydrogen-bond donors (Lipinski definition) is 1. The predicted octanol–water partition coefficient (Wildman–Crippen LogP) is 1.83. The second kappa shape index (κ2) is 5.48. The van der Waals surface area contributed by atoms with Crippen LogP contribution in [0.2, 0.25) is 0 Å². The van der Waals surface area contributed by atoms with Crippen molar-refractivity contribution in [3.63, 3.8) is 0 Å². The maximum Gasteiger partial charge on any atom is 0.145 e. The summed E-state index contributed by atoms with van der Waals surface area (Å²) < 4.78 is 1.62. The van der Waals surface area contributed by atoms with E-state index in [1.807, 2.05) is 30.5 Å². The van der Waals surface area contributed by atoms with Crippen molar-refractivity contribution in [1.29, 1.82) is 10.5 Å². The van der Waals surface area contributed by atoms with Gasteiger partial charge in [0, 0.05) is 24.5 Å². The maximum atomic E-state index is 8.64. The molecule has 2 rings (SSSR count). The van der Waals surface area contributed by atoms with Crippen LogP contribution in [-0.2, 0) is 7.05 Å². The average Bonchev–Trinajstić information content (AvgIpc) is 2.87. The first-order valence-electron chi connectivity index (χ1n) is 5.46. The van der Waals surface area contributed by atoms with Crippen LogP contribution in [0.15, 0.2) is 42.2 Å². The third-order valence-corrected chi connectivity index (χ3v) is 2.39. The van der Waals surface area contributed by atoms with Gasteiger partial charge in [0.2, 0.25) is 0 Å². The molecule has 0 unspecified atom stereocenters. The standard InChI is InChI=1S/C13H10N6/c1-19-9-13(17-18-19)11-3-2-4-12(5-11)16-8-10(6-14)7-15/h2-5,8-9,16H,1H3. The van der Waals surface area contributed by atoms with Crippen LogP contribution in [0.5, 0.6) is 0 Å². The summed E-state index contributed by atoms with van der Waals surface area (Å²) in [5, 5.41) is 28.1. The Morgan fingerprint density at radius 2 is 2.16 bits per heavy atom. The van der Waals surface area contributed by atoms with Gasteiger partial charge in [0.05, 0.1) is 6.20 Å². The Morgan fingerprint density at radius 3 is 2.79 bits per heavy atom. The lowest BCUT2D eigenvalue weighted by Crippen LogP contribution is -1.90. The number of allylic oxidation sites excluding steroid dienone is 1. The third-order valence-electron chi connectivity index (χ3n) is 2.39. The second-order valence-corrected chi connectivity index (χ2v) is 3.78. The zero-order chi connectivity index (χ0) is 13.7. The summed E-state index contributed by atoms with van der Waals surface area (Å²) in [6.07, 6.45) is 3.18. The summed E-state index contributed by atoms with van der Waals surface area (Å²) in [7, 11) is 1.80. The van der Waals surface area contributed by atoms with Crippen LogP contribution in [0, 0.1) is 22.7 Å². The van der Waals surface area contributed by atoms with Gasteiger partial charge in [-0.1, -0.05) is 17.3 Å². The van der Waals surface area contributed by atoms with Crippen molar-refractivity contribution in [2.75, 3.05) is 5.32 Å². The molecule has 0 spiro atoms. The Morgan fingerprint density at radius 1 is 1.37 bits per heavy atom. The molecular formula is C13H10N6. The van der Waals surface area contributed by atoms with E-state index in [0.29, 0.717) is 0 Å². The summed E-state index contributed by atoms with van der Waals surface area (Å²) in [5.41, 5.74) is 2.45. The smallest absolute Gasteiger partial charge is 0.145 e. The monoisotopic (exact) mass is 250 g/mol. The van der Waals surface area contributed by atoms with Crippen molar-refractivity contribution in [2.45, 2.75) is 0 Å². The van der Waals surface area contributed by atoms with Gasteiger partial charge in [0.25, 0.3) is 0 Å². The van der Waals surface area contributed by atoms with Crippen LogP contribution >= 0.6 is 0 Å². The molecule has 1 heterocycles. The second-order valence-electron chi connectivity index (χ2n) is 3.78. The van der Waals surface area contributed by atoms with E-state index in [0.717, 1.165) is 16.9 Å². The fourth-order valence-corrected chi connectivity index (χ4v) is 1.49. The van der Waals surface area contributed by atoms with E-state index in [2.05, 4.69) is 15.6 Å². The highest BCUT2D eigenvalue weighted by atomic mass is 15.4. The molecule has 6 nitrogen and oxygen atoms in total. The van der Waals surface area contributed by atoms with Gasteiger partial charge in [-0.05, 0) is 12.1 Å². The predicted molar refractivity (Wildman–Crippen MR) is 69.4 cm³/mol. The molecule has 0 saturated carbocycles. The minimum absolute atomic E-state index is 0.0184. The Kier molecular flexibility index (Phi) is 3.56. The normalized spacial score (nSPS) is 9.21. The van der Waals surface area contributed by atoms with Gasteiger partial charge >= 0.3 is 0 Å². The summed E-state index contributed by atoms with van der Waals surface area (Å²) >= 11 is 0. The van der Waals surface area contributed by atoms with Crippen molar-refractivity contribution in [1.82, 2.24) is 15.0 Å².